The lowest BCUT2D eigenvalue weighted by Crippen LogP contribution is -1.98. The van der Waals surface area contributed by atoms with Crippen molar-refractivity contribution < 1.29 is 4.74 Å². The van der Waals surface area contributed by atoms with Gasteiger partial charge < -0.3 is 4.74 Å². The Balaban J connectivity index is 1.75. The fourth-order valence-corrected chi connectivity index (χ4v) is 3.86. The maximum Gasteiger partial charge on any atom is 0.213 e. The van der Waals surface area contributed by atoms with E-state index in [0.717, 1.165) is 25.0 Å². The van der Waals surface area contributed by atoms with Crippen LogP contribution in [0.3, 0.4) is 0 Å². The molecule has 0 radical (unpaired) electrons. The highest BCUT2D eigenvalue weighted by Gasteiger charge is 2.06. The summed E-state index contributed by atoms with van der Waals surface area (Å²) in [7, 11) is 1.65. The molecule has 0 saturated carbocycles. The predicted molar refractivity (Wildman–Crippen MR) is 98.7 cm³/mol. The number of aryl methyl sites for hydroxylation is 3. The van der Waals surface area contributed by atoms with Crippen LogP contribution in [0.5, 0.6) is 5.88 Å². The van der Waals surface area contributed by atoms with Gasteiger partial charge in [0.05, 0.1) is 7.11 Å². The van der Waals surface area contributed by atoms with Crippen LogP contribution in [0.2, 0.25) is 0 Å². The van der Waals surface area contributed by atoms with E-state index in [1.165, 1.54) is 26.8 Å². The highest BCUT2D eigenvalue weighted by Crippen LogP contribution is 2.28. The van der Waals surface area contributed by atoms with Crippen LogP contribution in [0.4, 0.5) is 0 Å². The first-order valence-corrected chi connectivity index (χ1v) is 8.69. The molecular formula is C20H21NOS. The SMILES string of the molecule is C=CCc1csc2cc(CCc3ccc(OC)nc3C)ccc12. The molecule has 3 heteroatoms. The van der Waals surface area contributed by atoms with Crippen molar-refractivity contribution in [3.63, 3.8) is 0 Å². The second-order valence-corrected chi connectivity index (χ2v) is 6.59. The van der Waals surface area contributed by atoms with Crippen LogP contribution in [0.25, 0.3) is 10.1 Å². The summed E-state index contributed by atoms with van der Waals surface area (Å²) in [6, 6.07) is 10.9. The van der Waals surface area contributed by atoms with Gasteiger partial charge in [0.2, 0.25) is 5.88 Å². The van der Waals surface area contributed by atoms with Crippen molar-refractivity contribution in [2.75, 3.05) is 7.11 Å². The summed E-state index contributed by atoms with van der Waals surface area (Å²) in [5.74, 6) is 0.681. The number of benzene rings is 1. The summed E-state index contributed by atoms with van der Waals surface area (Å²) in [6.07, 6.45) is 4.93. The number of nitrogens with zero attached hydrogens (tertiary/aromatic N) is 1. The first kappa shape index (κ1) is 15.8. The quantitative estimate of drug-likeness (QED) is 0.587. The first-order chi connectivity index (χ1) is 11.2. The molecule has 0 atom stereocenters. The highest BCUT2D eigenvalue weighted by atomic mass is 32.1. The lowest BCUT2D eigenvalue weighted by Gasteiger charge is -2.07. The van der Waals surface area contributed by atoms with Crippen LogP contribution >= 0.6 is 11.3 Å². The number of ether oxygens (including phenoxy) is 1. The largest absolute Gasteiger partial charge is 0.481 e. The molecule has 2 heterocycles. The molecule has 0 N–H and O–H groups in total. The number of methoxy groups -OCH3 is 1. The topological polar surface area (TPSA) is 22.1 Å². The van der Waals surface area contributed by atoms with Crippen molar-refractivity contribution in [3.05, 3.63) is 70.8 Å². The Labute approximate surface area is 141 Å². The summed E-state index contributed by atoms with van der Waals surface area (Å²) in [5.41, 5.74) is 5.08. The standard InChI is InChI=1S/C20H21NOS/c1-4-5-17-13-23-19-12-15(7-10-18(17)19)6-8-16-9-11-20(22-3)21-14(16)2/h4,7,9-13H,1,5-6,8H2,2-3H3. The highest BCUT2D eigenvalue weighted by molar-refractivity contribution is 7.17. The summed E-state index contributed by atoms with van der Waals surface area (Å²) in [6.45, 7) is 5.88. The molecule has 0 spiro atoms. The number of rotatable bonds is 6. The predicted octanol–water partition coefficient (Wildman–Crippen LogP) is 5.13. The third-order valence-corrected chi connectivity index (χ3v) is 5.14. The minimum atomic E-state index is 0.681. The van der Waals surface area contributed by atoms with Crippen molar-refractivity contribution in [3.8, 4) is 5.88 Å². The number of allylic oxidation sites excluding steroid dienone is 1. The summed E-state index contributed by atoms with van der Waals surface area (Å²) < 4.78 is 6.53. The van der Waals surface area contributed by atoms with Gasteiger partial charge in [-0.2, -0.15) is 0 Å². The Morgan fingerprint density at radius 3 is 2.78 bits per heavy atom. The second-order valence-electron chi connectivity index (χ2n) is 5.68. The van der Waals surface area contributed by atoms with Crippen LogP contribution in [-0.2, 0) is 19.3 Å². The number of aromatic nitrogens is 1. The van der Waals surface area contributed by atoms with Crippen molar-refractivity contribution >= 4 is 21.4 Å². The average Bonchev–Trinajstić information content (AvgIpc) is 2.96. The minimum absolute atomic E-state index is 0.681. The Kier molecular flexibility index (Phi) is 4.77. The summed E-state index contributed by atoms with van der Waals surface area (Å²) >= 11 is 1.82. The van der Waals surface area contributed by atoms with E-state index in [0.29, 0.717) is 5.88 Å². The second kappa shape index (κ2) is 6.97. The summed E-state index contributed by atoms with van der Waals surface area (Å²) in [5, 5.41) is 3.61. The monoisotopic (exact) mass is 323 g/mol. The first-order valence-electron chi connectivity index (χ1n) is 7.81. The molecule has 1 aromatic carbocycles. The van der Waals surface area contributed by atoms with Gasteiger partial charge in [0.25, 0.3) is 0 Å². The smallest absolute Gasteiger partial charge is 0.213 e. The van der Waals surface area contributed by atoms with Crippen molar-refractivity contribution in [2.24, 2.45) is 0 Å². The zero-order valence-corrected chi connectivity index (χ0v) is 14.5. The van der Waals surface area contributed by atoms with E-state index in [1.807, 2.05) is 30.4 Å². The number of hydrogen-bond acceptors (Lipinski definition) is 3. The number of hydrogen-bond donors (Lipinski definition) is 0. The molecule has 2 aromatic heterocycles. The molecule has 118 valence electrons. The molecule has 0 aliphatic carbocycles. The third-order valence-electron chi connectivity index (χ3n) is 4.15. The molecule has 0 fully saturated rings. The average molecular weight is 323 g/mol. The molecule has 0 saturated heterocycles. The van der Waals surface area contributed by atoms with Crippen LogP contribution in [-0.4, -0.2) is 12.1 Å². The Hall–Kier alpha value is -2.13. The van der Waals surface area contributed by atoms with E-state index in [-0.39, 0.29) is 0 Å². The molecule has 0 bridgehead atoms. The maximum absolute atomic E-state index is 5.17. The van der Waals surface area contributed by atoms with E-state index >= 15 is 0 Å². The Morgan fingerprint density at radius 1 is 1.17 bits per heavy atom. The Bertz CT molecular complexity index is 835. The van der Waals surface area contributed by atoms with E-state index in [4.69, 9.17) is 4.74 Å². The van der Waals surface area contributed by atoms with Gasteiger partial charge in [-0.05, 0) is 59.7 Å². The van der Waals surface area contributed by atoms with Crippen LogP contribution < -0.4 is 4.74 Å². The number of thiophene rings is 1. The lowest BCUT2D eigenvalue weighted by molar-refractivity contribution is 0.396. The number of fused-ring (bicyclic) bond motifs is 1. The van der Waals surface area contributed by atoms with Crippen LogP contribution in [0, 0.1) is 6.92 Å². The lowest BCUT2D eigenvalue weighted by atomic mass is 10.0. The van der Waals surface area contributed by atoms with Gasteiger partial charge in [-0.15, -0.1) is 17.9 Å². The summed E-state index contributed by atoms with van der Waals surface area (Å²) in [4.78, 5) is 4.45. The van der Waals surface area contributed by atoms with E-state index < -0.39 is 0 Å². The van der Waals surface area contributed by atoms with Gasteiger partial charge >= 0.3 is 0 Å². The molecule has 0 aliphatic heterocycles. The molecule has 2 nitrogen and oxygen atoms in total. The normalized spacial score (nSPS) is 10.9. The third kappa shape index (κ3) is 3.45. The number of pyridine rings is 1. The molecular weight excluding hydrogens is 302 g/mol. The van der Waals surface area contributed by atoms with E-state index in [1.54, 1.807) is 7.11 Å². The van der Waals surface area contributed by atoms with Crippen molar-refractivity contribution in [2.45, 2.75) is 26.2 Å². The molecule has 0 aliphatic rings. The van der Waals surface area contributed by atoms with Crippen molar-refractivity contribution in [1.82, 2.24) is 4.98 Å². The molecule has 3 rings (SSSR count). The Morgan fingerprint density at radius 2 is 2.04 bits per heavy atom. The fraction of sp³-hybridized carbons (Fsp3) is 0.250. The van der Waals surface area contributed by atoms with Crippen LogP contribution in [0.15, 0.2) is 48.4 Å². The van der Waals surface area contributed by atoms with Crippen LogP contribution in [0.1, 0.15) is 22.4 Å². The molecule has 3 aromatic rings. The van der Waals surface area contributed by atoms with Gasteiger partial charge in [-0.1, -0.05) is 24.3 Å². The van der Waals surface area contributed by atoms with Gasteiger partial charge in [0.1, 0.15) is 0 Å². The molecule has 0 unspecified atom stereocenters. The minimum Gasteiger partial charge on any atom is -0.481 e. The molecule has 0 amide bonds. The van der Waals surface area contributed by atoms with E-state index in [9.17, 15) is 0 Å². The van der Waals surface area contributed by atoms with E-state index in [2.05, 4.69) is 41.2 Å². The van der Waals surface area contributed by atoms with Gasteiger partial charge in [0, 0.05) is 16.5 Å². The zero-order valence-electron chi connectivity index (χ0n) is 13.6. The van der Waals surface area contributed by atoms with Gasteiger partial charge in [-0.25, -0.2) is 4.98 Å². The molecule has 23 heavy (non-hydrogen) atoms. The van der Waals surface area contributed by atoms with Gasteiger partial charge in [0.15, 0.2) is 0 Å². The zero-order chi connectivity index (χ0) is 16.2. The maximum atomic E-state index is 5.17. The fourth-order valence-electron chi connectivity index (χ4n) is 2.82. The van der Waals surface area contributed by atoms with Crippen molar-refractivity contribution in [1.29, 1.82) is 0 Å². The van der Waals surface area contributed by atoms with Gasteiger partial charge in [-0.3, -0.25) is 0 Å².